The SMILES string of the molecule is C=CCSCCNc1cnn(CC=C)c(=O)c1Cl. The molecule has 0 bridgehead atoms. The highest BCUT2D eigenvalue weighted by Gasteiger charge is 2.07. The van der Waals surface area contributed by atoms with E-state index in [0.717, 1.165) is 18.1 Å². The molecule has 0 saturated heterocycles. The molecule has 4 nitrogen and oxygen atoms in total. The molecule has 6 heteroatoms. The Hall–Kier alpha value is -1.20. The largest absolute Gasteiger partial charge is 0.382 e. The van der Waals surface area contributed by atoms with E-state index in [1.54, 1.807) is 24.0 Å². The molecule has 0 unspecified atom stereocenters. The second-order valence-corrected chi connectivity index (χ2v) is 4.97. The maximum atomic E-state index is 11.8. The Morgan fingerprint density at radius 3 is 2.94 bits per heavy atom. The van der Waals surface area contributed by atoms with Gasteiger partial charge in [-0.15, -0.1) is 13.2 Å². The molecule has 0 spiro atoms. The first-order valence-corrected chi connectivity index (χ1v) is 7.03. The van der Waals surface area contributed by atoms with Crippen LogP contribution in [0.4, 0.5) is 5.69 Å². The van der Waals surface area contributed by atoms with Gasteiger partial charge in [0.15, 0.2) is 0 Å². The van der Waals surface area contributed by atoms with Crippen molar-refractivity contribution in [1.82, 2.24) is 9.78 Å². The van der Waals surface area contributed by atoms with E-state index in [9.17, 15) is 4.79 Å². The molecule has 1 aromatic heterocycles. The molecule has 0 fully saturated rings. The van der Waals surface area contributed by atoms with E-state index in [1.165, 1.54) is 4.68 Å². The number of nitrogens with zero attached hydrogens (tertiary/aromatic N) is 2. The summed E-state index contributed by atoms with van der Waals surface area (Å²) in [6.07, 6.45) is 5.02. The van der Waals surface area contributed by atoms with Gasteiger partial charge < -0.3 is 5.32 Å². The third kappa shape index (κ3) is 4.23. The molecule has 18 heavy (non-hydrogen) atoms. The average Bonchev–Trinajstić information content (AvgIpc) is 2.37. The quantitative estimate of drug-likeness (QED) is 0.589. The third-order valence-corrected chi connectivity index (χ3v) is 3.41. The minimum Gasteiger partial charge on any atom is -0.382 e. The Kier molecular flexibility index (Phi) is 6.60. The van der Waals surface area contributed by atoms with Gasteiger partial charge in [0, 0.05) is 18.1 Å². The van der Waals surface area contributed by atoms with E-state index in [0.29, 0.717) is 12.2 Å². The molecular formula is C12H16ClN3OS. The summed E-state index contributed by atoms with van der Waals surface area (Å²) < 4.78 is 1.27. The zero-order valence-corrected chi connectivity index (χ0v) is 11.6. The fourth-order valence-corrected chi connectivity index (χ4v) is 2.06. The molecule has 1 N–H and O–H groups in total. The van der Waals surface area contributed by atoms with E-state index >= 15 is 0 Å². The first-order valence-electron chi connectivity index (χ1n) is 5.49. The summed E-state index contributed by atoms with van der Waals surface area (Å²) in [6, 6.07) is 0. The van der Waals surface area contributed by atoms with Crippen LogP contribution in [-0.4, -0.2) is 27.8 Å². The average molecular weight is 286 g/mol. The number of rotatable bonds is 8. The lowest BCUT2D eigenvalue weighted by Crippen LogP contribution is -2.24. The van der Waals surface area contributed by atoms with Gasteiger partial charge in [0.05, 0.1) is 18.4 Å². The number of nitrogens with one attached hydrogen (secondary N) is 1. The summed E-state index contributed by atoms with van der Waals surface area (Å²) in [5.41, 5.74) is 0.265. The Morgan fingerprint density at radius 1 is 1.50 bits per heavy atom. The molecular weight excluding hydrogens is 270 g/mol. The third-order valence-electron chi connectivity index (χ3n) is 2.08. The number of aromatic nitrogens is 2. The van der Waals surface area contributed by atoms with Crippen LogP contribution in [0.15, 0.2) is 36.3 Å². The van der Waals surface area contributed by atoms with Gasteiger partial charge in [-0.05, 0) is 0 Å². The molecule has 0 radical (unpaired) electrons. The second kappa shape index (κ2) is 8.00. The van der Waals surface area contributed by atoms with Crippen LogP contribution in [0, 0.1) is 0 Å². The van der Waals surface area contributed by atoms with Crippen molar-refractivity contribution in [2.75, 3.05) is 23.4 Å². The highest BCUT2D eigenvalue weighted by molar-refractivity contribution is 7.99. The number of thioether (sulfide) groups is 1. The first-order chi connectivity index (χ1) is 8.70. The molecule has 0 atom stereocenters. The molecule has 0 saturated carbocycles. The van der Waals surface area contributed by atoms with E-state index in [-0.39, 0.29) is 10.6 Å². The van der Waals surface area contributed by atoms with Crippen molar-refractivity contribution in [3.8, 4) is 0 Å². The van der Waals surface area contributed by atoms with Gasteiger partial charge in [-0.1, -0.05) is 23.8 Å². The Bertz CT molecular complexity index is 473. The smallest absolute Gasteiger partial charge is 0.287 e. The molecule has 0 aliphatic carbocycles. The maximum absolute atomic E-state index is 11.8. The molecule has 0 aromatic carbocycles. The summed E-state index contributed by atoms with van der Waals surface area (Å²) >= 11 is 7.73. The molecule has 98 valence electrons. The van der Waals surface area contributed by atoms with Crippen molar-refractivity contribution in [1.29, 1.82) is 0 Å². The van der Waals surface area contributed by atoms with Crippen LogP contribution in [0.1, 0.15) is 0 Å². The van der Waals surface area contributed by atoms with Crippen molar-refractivity contribution in [2.24, 2.45) is 0 Å². The van der Waals surface area contributed by atoms with Gasteiger partial charge in [0.1, 0.15) is 5.02 Å². The predicted molar refractivity (Wildman–Crippen MR) is 79.7 cm³/mol. The number of anilines is 1. The predicted octanol–water partition coefficient (Wildman–Crippen LogP) is 2.41. The Balaban J connectivity index is 2.62. The fraction of sp³-hybridized carbons (Fsp3) is 0.333. The highest BCUT2D eigenvalue weighted by Crippen LogP contribution is 2.15. The normalized spacial score (nSPS) is 10.1. The van der Waals surface area contributed by atoms with E-state index in [1.807, 2.05) is 6.08 Å². The molecule has 1 aromatic rings. The van der Waals surface area contributed by atoms with E-state index in [4.69, 9.17) is 11.6 Å². The topological polar surface area (TPSA) is 46.9 Å². The lowest BCUT2D eigenvalue weighted by atomic mass is 10.4. The zero-order valence-electron chi connectivity index (χ0n) is 10.1. The first kappa shape index (κ1) is 14.9. The minimum absolute atomic E-state index is 0.167. The van der Waals surface area contributed by atoms with Gasteiger partial charge in [-0.2, -0.15) is 16.9 Å². The fourth-order valence-electron chi connectivity index (χ4n) is 1.27. The Morgan fingerprint density at radius 2 is 2.28 bits per heavy atom. The number of hydrogen-bond donors (Lipinski definition) is 1. The van der Waals surface area contributed by atoms with Gasteiger partial charge in [-0.25, -0.2) is 4.68 Å². The molecule has 1 heterocycles. The van der Waals surface area contributed by atoms with E-state index in [2.05, 4.69) is 23.6 Å². The van der Waals surface area contributed by atoms with Crippen LogP contribution in [0.5, 0.6) is 0 Å². The van der Waals surface area contributed by atoms with Gasteiger partial charge >= 0.3 is 0 Å². The summed E-state index contributed by atoms with van der Waals surface area (Å²) in [6.45, 7) is 8.29. The van der Waals surface area contributed by atoms with Crippen LogP contribution in [-0.2, 0) is 6.54 Å². The lowest BCUT2D eigenvalue weighted by Gasteiger charge is -2.08. The van der Waals surface area contributed by atoms with Crippen molar-refractivity contribution in [3.63, 3.8) is 0 Å². The van der Waals surface area contributed by atoms with Crippen molar-refractivity contribution in [3.05, 3.63) is 46.9 Å². The van der Waals surface area contributed by atoms with Gasteiger partial charge in [0.2, 0.25) is 0 Å². The zero-order chi connectivity index (χ0) is 13.4. The van der Waals surface area contributed by atoms with Gasteiger partial charge in [0.25, 0.3) is 5.56 Å². The van der Waals surface area contributed by atoms with Crippen LogP contribution < -0.4 is 10.9 Å². The molecule has 1 rings (SSSR count). The highest BCUT2D eigenvalue weighted by atomic mass is 35.5. The van der Waals surface area contributed by atoms with Crippen molar-refractivity contribution in [2.45, 2.75) is 6.54 Å². The lowest BCUT2D eigenvalue weighted by molar-refractivity contribution is 0.653. The van der Waals surface area contributed by atoms with Crippen molar-refractivity contribution < 1.29 is 0 Å². The maximum Gasteiger partial charge on any atom is 0.287 e. The molecule has 0 aliphatic heterocycles. The van der Waals surface area contributed by atoms with E-state index < -0.39 is 0 Å². The van der Waals surface area contributed by atoms with Crippen LogP contribution in [0.3, 0.4) is 0 Å². The summed E-state index contributed by atoms with van der Waals surface area (Å²) in [7, 11) is 0. The minimum atomic E-state index is -0.305. The summed E-state index contributed by atoms with van der Waals surface area (Å²) in [4.78, 5) is 11.8. The number of hydrogen-bond acceptors (Lipinski definition) is 4. The standard InChI is InChI=1S/C12H16ClN3OS/c1-3-6-16-12(17)11(13)10(9-15-16)14-5-8-18-7-4-2/h3-4,9,14H,1-2,5-8H2. The summed E-state index contributed by atoms with van der Waals surface area (Å²) in [5.74, 6) is 1.83. The Labute approximate surface area is 116 Å². The number of allylic oxidation sites excluding steroid dienone is 1. The summed E-state index contributed by atoms with van der Waals surface area (Å²) in [5, 5.41) is 7.27. The molecule has 0 aliphatic rings. The van der Waals surface area contributed by atoms with Crippen LogP contribution >= 0.6 is 23.4 Å². The second-order valence-electron chi connectivity index (χ2n) is 3.44. The van der Waals surface area contributed by atoms with Crippen LogP contribution in [0.25, 0.3) is 0 Å². The van der Waals surface area contributed by atoms with Crippen LogP contribution in [0.2, 0.25) is 5.02 Å². The van der Waals surface area contributed by atoms with Gasteiger partial charge in [-0.3, -0.25) is 4.79 Å². The number of halogens is 1. The monoisotopic (exact) mass is 285 g/mol. The molecule has 0 amide bonds. The van der Waals surface area contributed by atoms with Crippen molar-refractivity contribution >= 4 is 29.1 Å².